The summed E-state index contributed by atoms with van der Waals surface area (Å²) < 4.78 is 5.86. The van der Waals surface area contributed by atoms with Crippen LogP contribution in [0.3, 0.4) is 0 Å². The number of nitrogens with zero attached hydrogens (tertiary/aromatic N) is 1. The summed E-state index contributed by atoms with van der Waals surface area (Å²) in [5.74, 6) is -0.290. The number of aromatic nitrogens is 1. The van der Waals surface area contributed by atoms with E-state index in [0.717, 1.165) is 23.1 Å². The normalized spacial score (nSPS) is 12.9. The first-order valence-electron chi connectivity index (χ1n) is 9.20. The Bertz CT molecular complexity index is 909. The molecule has 0 aliphatic rings. The molecule has 3 rings (SSSR count). The van der Waals surface area contributed by atoms with Crippen LogP contribution in [0.15, 0.2) is 73.1 Å². The fourth-order valence-electron chi connectivity index (χ4n) is 2.95. The summed E-state index contributed by atoms with van der Waals surface area (Å²) in [6.45, 7) is 1.85. The van der Waals surface area contributed by atoms with Gasteiger partial charge in [0.2, 0.25) is 0 Å². The van der Waals surface area contributed by atoms with Crippen molar-refractivity contribution in [1.29, 1.82) is 0 Å². The first-order chi connectivity index (χ1) is 13.5. The molecule has 5 nitrogen and oxygen atoms in total. The lowest BCUT2D eigenvalue weighted by molar-refractivity contribution is 0.0420. The van der Waals surface area contributed by atoms with Crippen LogP contribution in [0, 0.1) is 0 Å². The maximum atomic E-state index is 11.1. The topological polar surface area (TPSA) is 79.7 Å². The molecule has 144 valence electrons. The molecule has 2 N–H and O–H groups in total. The van der Waals surface area contributed by atoms with Gasteiger partial charge >= 0.3 is 5.97 Å². The second kappa shape index (κ2) is 9.15. The maximum Gasteiger partial charge on any atom is 0.335 e. The van der Waals surface area contributed by atoms with E-state index in [1.54, 1.807) is 30.6 Å². The first-order valence-corrected chi connectivity index (χ1v) is 9.20. The Morgan fingerprint density at radius 3 is 2.54 bits per heavy atom. The van der Waals surface area contributed by atoms with E-state index in [1.165, 1.54) is 0 Å². The number of hydrogen-bond acceptors (Lipinski definition) is 4. The number of hydrogen-bond donors (Lipinski definition) is 2. The number of pyridine rings is 1. The van der Waals surface area contributed by atoms with E-state index in [9.17, 15) is 9.90 Å². The van der Waals surface area contributed by atoms with Crippen LogP contribution in [-0.4, -0.2) is 33.4 Å². The molecule has 1 heterocycles. The Morgan fingerprint density at radius 1 is 1.07 bits per heavy atom. The molecule has 0 spiro atoms. The molecule has 0 aliphatic heterocycles. The minimum atomic E-state index is -0.948. The van der Waals surface area contributed by atoms with Crippen molar-refractivity contribution in [3.63, 3.8) is 0 Å². The van der Waals surface area contributed by atoms with E-state index in [1.807, 2.05) is 49.4 Å². The SMILES string of the molecule is CC(Oc1ccc(-c2cccc(C(=O)O)c2)cc1)C(O)CCc1cccnc1. The number of aliphatic hydroxyl groups is 1. The Hall–Kier alpha value is -3.18. The van der Waals surface area contributed by atoms with Gasteiger partial charge in [0.25, 0.3) is 0 Å². The van der Waals surface area contributed by atoms with Gasteiger partial charge in [-0.2, -0.15) is 0 Å². The van der Waals surface area contributed by atoms with Crippen molar-refractivity contribution in [2.24, 2.45) is 0 Å². The van der Waals surface area contributed by atoms with Gasteiger partial charge in [-0.3, -0.25) is 4.98 Å². The second-order valence-corrected chi connectivity index (χ2v) is 6.70. The van der Waals surface area contributed by atoms with Crippen LogP contribution >= 0.6 is 0 Å². The van der Waals surface area contributed by atoms with Gasteiger partial charge in [-0.25, -0.2) is 4.79 Å². The molecule has 0 radical (unpaired) electrons. The molecule has 0 bridgehead atoms. The zero-order valence-electron chi connectivity index (χ0n) is 15.7. The van der Waals surface area contributed by atoms with Gasteiger partial charge < -0.3 is 14.9 Å². The fourth-order valence-corrected chi connectivity index (χ4v) is 2.95. The smallest absolute Gasteiger partial charge is 0.335 e. The zero-order valence-corrected chi connectivity index (χ0v) is 15.7. The molecule has 1 aromatic heterocycles. The molecule has 0 saturated heterocycles. The largest absolute Gasteiger partial charge is 0.488 e. The molecule has 0 fully saturated rings. The van der Waals surface area contributed by atoms with Crippen molar-refractivity contribution in [3.8, 4) is 16.9 Å². The molecule has 0 saturated carbocycles. The quantitative estimate of drug-likeness (QED) is 0.615. The number of carboxylic acids is 1. The van der Waals surface area contributed by atoms with E-state index in [4.69, 9.17) is 9.84 Å². The standard InChI is InChI=1S/C23H23NO4/c1-16(22(25)12-7-17-4-3-13-24-15-17)28-21-10-8-18(9-11-21)19-5-2-6-20(14-19)23(26)27/h2-6,8-11,13-16,22,25H,7,12H2,1H3,(H,26,27). The average Bonchev–Trinajstić information content (AvgIpc) is 2.73. The molecule has 2 unspecified atom stereocenters. The average molecular weight is 377 g/mol. The van der Waals surface area contributed by atoms with Gasteiger partial charge in [-0.15, -0.1) is 0 Å². The van der Waals surface area contributed by atoms with Crippen LogP contribution in [0.5, 0.6) is 5.75 Å². The highest BCUT2D eigenvalue weighted by Gasteiger charge is 2.16. The highest BCUT2D eigenvalue weighted by Crippen LogP contribution is 2.24. The molecule has 28 heavy (non-hydrogen) atoms. The maximum absolute atomic E-state index is 11.1. The van der Waals surface area contributed by atoms with Crippen LogP contribution in [0.2, 0.25) is 0 Å². The molecule has 0 amide bonds. The summed E-state index contributed by atoms with van der Waals surface area (Å²) >= 11 is 0. The third-order valence-corrected chi connectivity index (χ3v) is 4.61. The van der Waals surface area contributed by atoms with Crippen molar-refractivity contribution in [3.05, 3.63) is 84.2 Å². The lowest BCUT2D eigenvalue weighted by atomic mass is 10.0. The van der Waals surface area contributed by atoms with Gasteiger partial charge in [0.15, 0.2) is 0 Å². The van der Waals surface area contributed by atoms with Crippen molar-refractivity contribution in [2.45, 2.75) is 32.0 Å². The highest BCUT2D eigenvalue weighted by atomic mass is 16.5. The minimum Gasteiger partial charge on any atom is -0.488 e. The molecule has 5 heteroatoms. The van der Waals surface area contributed by atoms with Gasteiger partial charge in [-0.1, -0.05) is 30.3 Å². The first kappa shape index (κ1) is 19.6. The number of carboxylic acid groups (broad SMARTS) is 1. The van der Waals surface area contributed by atoms with Gasteiger partial charge in [-0.05, 0) is 66.8 Å². The monoisotopic (exact) mass is 377 g/mol. The van der Waals surface area contributed by atoms with Crippen molar-refractivity contribution < 1.29 is 19.7 Å². The summed E-state index contributed by atoms with van der Waals surface area (Å²) in [4.78, 5) is 15.2. The summed E-state index contributed by atoms with van der Waals surface area (Å²) in [6.07, 6.45) is 3.92. The van der Waals surface area contributed by atoms with Crippen LogP contribution in [-0.2, 0) is 6.42 Å². The molecular weight excluding hydrogens is 354 g/mol. The summed E-state index contributed by atoms with van der Waals surface area (Å²) in [5.41, 5.74) is 3.07. The Labute approximate surface area is 164 Å². The second-order valence-electron chi connectivity index (χ2n) is 6.70. The van der Waals surface area contributed by atoms with Crippen LogP contribution < -0.4 is 4.74 Å². The number of aliphatic hydroxyl groups excluding tert-OH is 1. The van der Waals surface area contributed by atoms with E-state index in [0.29, 0.717) is 12.2 Å². The Balaban J connectivity index is 1.59. The predicted octanol–water partition coefficient (Wildman–Crippen LogP) is 4.21. The van der Waals surface area contributed by atoms with Gasteiger partial charge in [0, 0.05) is 12.4 Å². The molecule has 3 aromatic rings. The van der Waals surface area contributed by atoms with Gasteiger partial charge in [0.1, 0.15) is 11.9 Å². The van der Waals surface area contributed by atoms with E-state index in [-0.39, 0.29) is 11.7 Å². The number of aryl methyl sites for hydroxylation is 1. The van der Waals surface area contributed by atoms with Crippen molar-refractivity contribution in [2.75, 3.05) is 0 Å². The minimum absolute atomic E-state index is 0.253. The van der Waals surface area contributed by atoms with Crippen LogP contribution in [0.4, 0.5) is 0 Å². The number of aromatic carboxylic acids is 1. The number of ether oxygens (including phenoxy) is 1. The molecule has 2 aromatic carbocycles. The third kappa shape index (κ3) is 5.18. The third-order valence-electron chi connectivity index (χ3n) is 4.61. The van der Waals surface area contributed by atoms with E-state index in [2.05, 4.69) is 4.98 Å². The lowest BCUT2D eigenvalue weighted by Gasteiger charge is -2.20. The Morgan fingerprint density at radius 2 is 1.86 bits per heavy atom. The van der Waals surface area contributed by atoms with Crippen LogP contribution in [0.1, 0.15) is 29.3 Å². The van der Waals surface area contributed by atoms with Crippen LogP contribution in [0.25, 0.3) is 11.1 Å². The molecule has 0 aliphatic carbocycles. The van der Waals surface area contributed by atoms with Crippen molar-refractivity contribution in [1.82, 2.24) is 4.98 Å². The molecular formula is C23H23NO4. The van der Waals surface area contributed by atoms with Gasteiger partial charge in [0.05, 0.1) is 11.7 Å². The van der Waals surface area contributed by atoms with E-state index >= 15 is 0 Å². The fraction of sp³-hybridized carbons (Fsp3) is 0.217. The number of benzene rings is 2. The lowest BCUT2D eigenvalue weighted by Crippen LogP contribution is -2.29. The molecule has 2 atom stereocenters. The van der Waals surface area contributed by atoms with E-state index < -0.39 is 12.1 Å². The zero-order chi connectivity index (χ0) is 19.9. The summed E-state index contributed by atoms with van der Waals surface area (Å²) in [7, 11) is 0. The highest BCUT2D eigenvalue weighted by molar-refractivity contribution is 5.89. The summed E-state index contributed by atoms with van der Waals surface area (Å²) in [6, 6.07) is 18.1. The Kier molecular flexibility index (Phi) is 6.40. The predicted molar refractivity (Wildman–Crippen MR) is 107 cm³/mol. The number of carbonyl (C=O) groups is 1. The number of rotatable bonds is 8. The summed E-state index contributed by atoms with van der Waals surface area (Å²) in [5, 5.41) is 19.5. The van der Waals surface area contributed by atoms with Crippen molar-refractivity contribution >= 4 is 5.97 Å².